The molecule has 0 aromatic rings. The minimum atomic E-state index is -1.51. The maximum atomic E-state index is 13.9. The summed E-state index contributed by atoms with van der Waals surface area (Å²) in [6.07, 6.45) is 43.1. The first kappa shape index (κ1) is 87.5. The van der Waals surface area contributed by atoms with Crippen LogP contribution in [0.1, 0.15) is 324 Å². The number of rotatable bonds is 67. The molecule has 0 aliphatic carbocycles. The molecule has 1 rings (SSSR count). The van der Waals surface area contributed by atoms with Gasteiger partial charge in [-0.3, -0.25) is 28.8 Å². The molecule has 0 aromatic heterocycles. The molecule has 94 heavy (non-hydrogen) atoms. The molecule has 1 aliphatic heterocycles. The first-order valence-corrected chi connectivity index (χ1v) is 38.0. The molecule has 1 amide bonds. The van der Waals surface area contributed by atoms with E-state index in [2.05, 4.69) is 69.1 Å². The second kappa shape index (κ2) is 64.4. The van der Waals surface area contributed by atoms with Crippen molar-refractivity contribution in [1.29, 1.82) is 0 Å². The van der Waals surface area contributed by atoms with Gasteiger partial charge in [0.05, 0.1) is 19.6 Å². The SMILES string of the molecule is CCCCC/C=C\CCOC(=O)CCCCCCC(=O)OCC(COC(=O)CCCCCCC(=O)OCC/C=C\CCCCC)(COC(=O)CCC(CCCCCC)OC(=O)NCCN1CCCC1)COC(=O)CCC(OCCCCCCCC)OCCCCCCCC. The van der Waals surface area contributed by atoms with Crippen molar-refractivity contribution in [2.24, 2.45) is 5.41 Å². The number of esters is 6. The van der Waals surface area contributed by atoms with Crippen molar-refractivity contribution in [1.82, 2.24) is 10.2 Å². The smallest absolute Gasteiger partial charge is 0.407 e. The van der Waals surface area contributed by atoms with Crippen LogP contribution in [0.5, 0.6) is 0 Å². The maximum absolute atomic E-state index is 13.9. The van der Waals surface area contributed by atoms with Crippen LogP contribution in [-0.4, -0.2) is 138 Å². The summed E-state index contributed by atoms with van der Waals surface area (Å²) < 4.78 is 53.1. The van der Waals surface area contributed by atoms with Crippen molar-refractivity contribution < 1.29 is 76.2 Å². The highest BCUT2D eigenvalue weighted by Crippen LogP contribution is 2.25. The highest BCUT2D eigenvalue weighted by atomic mass is 16.7. The van der Waals surface area contributed by atoms with Crippen LogP contribution in [0.2, 0.25) is 0 Å². The summed E-state index contributed by atoms with van der Waals surface area (Å²) in [4.78, 5) is 95.1. The number of hydrogen-bond donors (Lipinski definition) is 1. The van der Waals surface area contributed by atoms with Crippen molar-refractivity contribution in [3.63, 3.8) is 0 Å². The lowest BCUT2D eigenvalue weighted by Crippen LogP contribution is -2.44. The zero-order chi connectivity index (χ0) is 68.5. The predicted molar refractivity (Wildman–Crippen MR) is 373 cm³/mol. The number of nitrogens with one attached hydrogen (secondary N) is 1. The summed E-state index contributed by atoms with van der Waals surface area (Å²) in [5.41, 5.74) is -1.51. The molecule has 1 aliphatic rings. The van der Waals surface area contributed by atoms with E-state index < -0.39 is 74.2 Å². The zero-order valence-electron chi connectivity index (χ0n) is 60.2. The van der Waals surface area contributed by atoms with Gasteiger partial charge in [-0.2, -0.15) is 0 Å². The van der Waals surface area contributed by atoms with E-state index in [1.54, 1.807) is 0 Å². The van der Waals surface area contributed by atoms with Crippen LogP contribution in [0.15, 0.2) is 24.3 Å². The molecule has 1 unspecified atom stereocenters. The van der Waals surface area contributed by atoms with Crippen LogP contribution in [0.4, 0.5) is 4.79 Å². The second-order valence-electron chi connectivity index (χ2n) is 26.1. The van der Waals surface area contributed by atoms with E-state index >= 15 is 0 Å². The topological polar surface area (TPSA) is 218 Å². The summed E-state index contributed by atoms with van der Waals surface area (Å²) in [5.74, 6) is -2.76. The van der Waals surface area contributed by atoms with Gasteiger partial charge in [0.2, 0.25) is 0 Å². The average Bonchev–Trinajstić information content (AvgIpc) is 1.28. The molecule has 0 saturated carbocycles. The van der Waals surface area contributed by atoms with Crippen LogP contribution in [0.25, 0.3) is 0 Å². The lowest BCUT2D eigenvalue weighted by atomic mass is 9.92. The van der Waals surface area contributed by atoms with Crippen molar-refractivity contribution in [2.75, 3.05) is 79.0 Å². The molecule has 18 heteroatoms. The molecule has 0 spiro atoms. The molecule has 1 atom stereocenters. The molecule has 0 aromatic carbocycles. The van der Waals surface area contributed by atoms with Gasteiger partial charge < -0.3 is 52.8 Å². The van der Waals surface area contributed by atoms with Gasteiger partial charge >= 0.3 is 41.9 Å². The van der Waals surface area contributed by atoms with E-state index in [0.717, 1.165) is 122 Å². The first-order chi connectivity index (χ1) is 45.9. The van der Waals surface area contributed by atoms with Gasteiger partial charge in [0.1, 0.15) is 37.9 Å². The van der Waals surface area contributed by atoms with Gasteiger partial charge in [-0.15, -0.1) is 0 Å². The van der Waals surface area contributed by atoms with Gasteiger partial charge in [0, 0.05) is 64.8 Å². The summed E-state index contributed by atoms with van der Waals surface area (Å²) in [6, 6.07) is 0. The molecular formula is C76H136N2O16. The van der Waals surface area contributed by atoms with E-state index in [1.807, 2.05) is 0 Å². The molecule has 1 heterocycles. The fraction of sp³-hybridized carbons (Fsp3) is 0.855. The van der Waals surface area contributed by atoms with Crippen molar-refractivity contribution in [3.8, 4) is 0 Å². The Kier molecular flexibility index (Phi) is 60.0. The van der Waals surface area contributed by atoms with Crippen LogP contribution in [0.3, 0.4) is 0 Å². The molecule has 0 radical (unpaired) electrons. The third kappa shape index (κ3) is 55.6. The second-order valence-corrected chi connectivity index (χ2v) is 26.1. The van der Waals surface area contributed by atoms with E-state index in [-0.39, 0.29) is 63.3 Å². The van der Waals surface area contributed by atoms with Crippen LogP contribution >= 0.6 is 0 Å². The number of amides is 1. The summed E-state index contributed by atoms with van der Waals surface area (Å²) in [5, 5.41) is 2.88. The zero-order valence-corrected chi connectivity index (χ0v) is 60.2. The third-order valence-corrected chi connectivity index (χ3v) is 17.0. The van der Waals surface area contributed by atoms with Gasteiger partial charge in [0.25, 0.3) is 0 Å². The summed E-state index contributed by atoms with van der Waals surface area (Å²) >= 11 is 0. The molecule has 1 fully saturated rings. The number of hydrogen-bond acceptors (Lipinski definition) is 17. The maximum Gasteiger partial charge on any atom is 0.407 e. The Morgan fingerprint density at radius 1 is 0.372 bits per heavy atom. The Bertz CT molecular complexity index is 1840. The Morgan fingerprint density at radius 2 is 0.723 bits per heavy atom. The quantitative estimate of drug-likeness (QED) is 0.0197. The van der Waals surface area contributed by atoms with E-state index in [0.29, 0.717) is 104 Å². The average molecular weight is 1330 g/mol. The minimum absolute atomic E-state index is 0.0545. The normalized spacial score (nSPS) is 13.0. The van der Waals surface area contributed by atoms with Gasteiger partial charge in [-0.25, -0.2) is 4.79 Å². The Balaban J connectivity index is 3.30. The van der Waals surface area contributed by atoms with Gasteiger partial charge in [-0.05, 0) is 122 Å². The lowest BCUT2D eigenvalue weighted by Gasteiger charge is -2.32. The molecular weight excluding hydrogens is 1200 g/mol. The monoisotopic (exact) mass is 1330 g/mol. The molecule has 1 N–H and O–H groups in total. The Hall–Kier alpha value is -4.55. The number of nitrogens with zero attached hydrogens (tertiary/aromatic N) is 1. The largest absolute Gasteiger partial charge is 0.465 e. The van der Waals surface area contributed by atoms with E-state index in [4.69, 9.17) is 42.6 Å². The molecule has 546 valence electrons. The summed E-state index contributed by atoms with van der Waals surface area (Å²) in [7, 11) is 0. The van der Waals surface area contributed by atoms with E-state index in [9.17, 15) is 33.6 Å². The van der Waals surface area contributed by atoms with Crippen LogP contribution in [0, 0.1) is 5.41 Å². The van der Waals surface area contributed by atoms with Crippen molar-refractivity contribution in [2.45, 2.75) is 336 Å². The van der Waals surface area contributed by atoms with Crippen molar-refractivity contribution >= 4 is 41.9 Å². The van der Waals surface area contributed by atoms with Crippen molar-refractivity contribution in [3.05, 3.63) is 24.3 Å². The first-order valence-electron chi connectivity index (χ1n) is 38.0. The fourth-order valence-corrected chi connectivity index (χ4v) is 10.9. The number of carbonyl (C=O) groups is 7. The van der Waals surface area contributed by atoms with E-state index in [1.165, 1.54) is 64.2 Å². The number of unbranched alkanes of at least 4 members (excludes halogenated alkanes) is 25. The van der Waals surface area contributed by atoms with Gasteiger partial charge in [-0.1, -0.05) is 194 Å². The Labute approximate surface area is 570 Å². The molecule has 18 nitrogen and oxygen atoms in total. The molecule has 1 saturated heterocycles. The van der Waals surface area contributed by atoms with Gasteiger partial charge in [0.15, 0.2) is 6.29 Å². The standard InChI is InChI=1S/C76H136N2O16/c1-6-11-16-21-25-33-42-59-86-68(79)47-36-27-29-38-49-70(81)90-63-76(64-91-71(82)50-39-30-28-37-48-69(80)87-60-43-34-26-22-17-12-7-2,65-92-72(83)52-51-67(46-35-20-15-10-5)94-75(85)77-55-58-78-56-40-41-57-78)66-93-73(84)53-54-74(88-61-44-31-23-18-13-8-3)89-62-45-32-24-19-14-9-4/h25-26,33-34,67,74H,6-24,27-32,35-66H2,1-5H3,(H,77,85)/b33-25-,34-26-. The number of alkyl carbamates (subject to hydrolysis) is 1. The molecule has 0 bridgehead atoms. The third-order valence-electron chi connectivity index (χ3n) is 17.0. The Morgan fingerprint density at radius 3 is 1.16 bits per heavy atom. The number of ether oxygens (including phenoxy) is 9. The lowest BCUT2D eigenvalue weighted by molar-refractivity contribution is -0.174. The number of allylic oxidation sites excluding steroid dienone is 2. The predicted octanol–water partition coefficient (Wildman–Crippen LogP) is 17.8. The fourth-order valence-electron chi connectivity index (χ4n) is 10.9. The number of carbonyl (C=O) groups excluding carboxylic acids is 7. The minimum Gasteiger partial charge on any atom is -0.465 e. The highest BCUT2D eigenvalue weighted by molar-refractivity contribution is 5.72. The van der Waals surface area contributed by atoms with Crippen LogP contribution in [-0.2, 0) is 71.4 Å². The van der Waals surface area contributed by atoms with Crippen LogP contribution < -0.4 is 5.32 Å². The summed E-state index contributed by atoms with van der Waals surface area (Å²) in [6.45, 7) is 14.1. The highest BCUT2D eigenvalue weighted by Gasteiger charge is 2.38. The number of likely N-dealkylation sites (tertiary alicyclic amines) is 1.